The number of sulfonamides is 1. The van der Waals surface area contributed by atoms with Gasteiger partial charge in [-0.05, 0) is 31.1 Å². The summed E-state index contributed by atoms with van der Waals surface area (Å²) in [5.74, 6) is 0.817. The van der Waals surface area contributed by atoms with Crippen molar-refractivity contribution in [2.24, 2.45) is 17.6 Å². The summed E-state index contributed by atoms with van der Waals surface area (Å²) in [6, 6.07) is 0.0375. The molecular weight excluding hydrogens is 244 g/mol. The number of hydrogen-bond donors (Lipinski definition) is 2. The van der Waals surface area contributed by atoms with E-state index in [1.165, 1.54) is 0 Å². The third kappa shape index (κ3) is 4.35. The van der Waals surface area contributed by atoms with E-state index in [0.717, 1.165) is 19.3 Å². The van der Waals surface area contributed by atoms with Gasteiger partial charge in [0.1, 0.15) is 5.75 Å². The van der Waals surface area contributed by atoms with E-state index in [2.05, 4.69) is 30.8 Å². The fourth-order valence-corrected chi connectivity index (χ4v) is 4.03. The summed E-state index contributed by atoms with van der Waals surface area (Å²) >= 11 is 4.62. The van der Waals surface area contributed by atoms with Crippen LogP contribution >= 0.6 is 12.2 Å². The third-order valence-electron chi connectivity index (χ3n) is 3.09. The predicted octanol–water partition coefficient (Wildman–Crippen LogP) is 1.02. The predicted molar refractivity (Wildman–Crippen MR) is 69.7 cm³/mol. The minimum atomic E-state index is -3.35. The van der Waals surface area contributed by atoms with Crippen molar-refractivity contribution in [1.82, 2.24) is 4.72 Å². The molecule has 0 aliphatic heterocycles. The van der Waals surface area contributed by atoms with E-state index >= 15 is 0 Å². The van der Waals surface area contributed by atoms with Crippen LogP contribution in [0, 0.1) is 11.8 Å². The first-order valence-corrected chi connectivity index (χ1v) is 7.64. The van der Waals surface area contributed by atoms with Gasteiger partial charge in [0.25, 0.3) is 0 Å². The van der Waals surface area contributed by atoms with Crippen LogP contribution in [0.1, 0.15) is 33.1 Å². The lowest BCUT2D eigenvalue weighted by Crippen LogP contribution is -2.44. The molecule has 4 nitrogen and oxygen atoms in total. The van der Waals surface area contributed by atoms with Crippen LogP contribution in [0.2, 0.25) is 0 Å². The third-order valence-corrected chi connectivity index (χ3v) is 4.77. The molecule has 0 aromatic heterocycles. The van der Waals surface area contributed by atoms with Crippen molar-refractivity contribution in [2.45, 2.75) is 39.2 Å². The molecule has 0 radical (unpaired) electrons. The van der Waals surface area contributed by atoms with E-state index < -0.39 is 10.0 Å². The van der Waals surface area contributed by atoms with Crippen molar-refractivity contribution >= 4 is 27.2 Å². The number of rotatable bonds is 4. The zero-order valence-electron chi connectivity index (χ0n) is 9.77. The van der Waals surface area contributed by atoms with Crippen LogP contribution in [0.5, 0.6) is 0 Å². The highest BCUT2D eigenvalue weighted by Gasteiger charge is 2.28. The van der Waals surface area contributed by atoms with Crippen molar-refractivity contribution in [3.63, 3.8) is 0 Å². The molecule has 1 aliphatic carbocycles. The SMILES string of the molecule is CC1CCC(NS(=O)(=O)CC(N)=S)C(C)C1. The average Bonchev–Trinajstić information content (AvgIpc) is 2.07. The molecule has 1 rings (SSSR count). The van der Waals surface area contributed by atoms with Crippen LogP contribution in [0.4, 0.5) is 0 Å². The van der Waals surface area contributed by atoms with Gasteiger partial charge in [0.05, 0.1) is 4.99 Å². The molecule has 1 saturated carbocycles. The van der Waals surface area contributed by atoms with Crippen LogP contribution in [0.3, 0.4) is 0 Å². The van der Waals surface area contributed by atoms with E-state index in [1.807, 2.05) is 0 Å². The maximum absolute atomic E-state index is 11.7. The Balaban J connectivity index is 2.57. The maximum atomic E-state index is 11.7. The molecule has 0 bridgehead atoms. The summed E-state index contributed by atoms with van der Waals surface area (Å²) in [5, 5.41) is 0. The molecule has 0 saturated heterocycles. The van der Waals surface area contributed by atoms with Crippen molar-refractivity contribution in [3.05, 3.63) is 0 Å². The number of nitrogens with one attached hydrogen (secondary N) is 1. The standard InChI is InChI=1S/C10H20N2O2S2/c1-7-3-4-9(8(2)5-7)12-16(13,14)6-10(11)15/h7-9,12H,3-6H2,1-2H3,(H2,11,15). The van der Waals surface area contributed by atoms with Gasteiger partial charge in [0.15, 0.2) is 0 Å². The molecule has 0 heterocycles. The first-order valence-electron chi connectivity index (χ1n) is 5.58. The van der Waals surface area contributed by atoms with Gasteiger partial charge < -0.3 is 5.73 Å². The van der Waals surface area contributed by atoms with E-state index in [4.69, 9.17) is 5.73 Å². The zero-order valence-corrected chi connectivity index (χ0v) is 11.4. The van der Waals surface area contributed by atoms with Crippen LogP contribution in [0.25, 0.3) is 0 Å². The van der Waals surface area contributed by atoms with E-state index in [1.54, 1.807) is 0 Å². The van der Waals surface area contributed by atoms with Crippen molar-refractivity contribution in [1.29, 1.82) is 0 Å². The first-order chi connectivity index (χ1) is 7.30. The van der Waals surface area contributed by atoms with Crippen LogP contribution < -0.4 is 10.5 Å². The van der Waals surface area contributed by atoms with E-state index in [9.17, 15) is 8.42 Å². The summed E-state index contributed by atoms with van der Waals surface area (Å²) in [4.78, 5) is 0.0179. The maximum Gasteiger partial charge on any atom is 0.218 e. The smallest absolute Gasteiger partial charge is 0.218 e. The monoisotopic (exact) mass is 264 g/mol. The van der Waals surface area contributed by atoms with Crippen LogP contribution in [-0.4, -0.2) is 25.2 Å². The normalized spacial score (nSPS) is 31.2. The van der Waals surface area contributed by atoms with Gasteiger partial charge in [-0.3, -0.25) is 0 Å². The minimum Gasteiger partial charge on any atom is -0.392 e. The molecular formula is C10H20N2O2S2. The second kappa shape index (κ2) is 5.42. The highest BCUT2D eigenvalue weighted by atomic mass is 32.2. The molecule has 0 aromatic carbocycles. The summed E-state index contributed by atoms with van der Waals surface area (Å²) in [7, 11) is -3.35. The van der Waals surface area contributed by atoms with Gasteiger partial charge in [0, 0.05) is 6.04 Å². The fourth-order valence-electron chi connectivity index (χ4n) is 2.30. The Labute approximate surface area is 103 Å². The Morgan fingerprint density at radius 2 is 2.06 bits per heavy atom. The molecule has 16 heavy (non-hydrogen) atoms. The minimum absolute atomic E-state index is 0.0179. The van der Waals surface area contributed by atoms with Gasteiger partial charge in [0.2, 0.25) is 10.0 Å². The summed E-state index contributed by atoms with van der Waals surface area (Å²) in [6.45, 7) is 4.29. The Morgan fingerprint density at radius 1 is 1.44 bits per heavy atom. The summed E-state index contributed by atoms with van der Waals surface area (Å²) in [6.07, 6.45) is 3.05. The molecule has 6 heteroatoms. The van der Waals surface area contributed by atoms with Crippen LogP contribution in [0.15, 0.2) is 0 Å². The van der Waals surface area contributed by atoms with Crippen LogP contribution in [-0.2, 0) is 10.0 Å². The molecule has 0 amide bonds. The van der Waals surface area contributed by atoms with Crippen molar-refractivity contribution in [3.8, 4) is 0 Å². The molecule has 1 aliphatic rings. The second-order valence-corrected chi connectivity index (χ2v) is 7.12. The van der Waals surface area contributed by atoms with E-state index in [0.29, 0.717) is 11.8 Å². The Morgan fingerprint density at radius 3 is 2.56 bits per heavy atom. The molecule has 0 aromatic rings. The van der Waals surface area contributed by atoms with Gasteiger partial charge in [-0.1, -0.05) is 26.1 Å². The molecule has 94 valence electrons. The Hall–Kier alpha value is -0.200. The molecule has 0 spiro atoms. The number of hydrogen-bond acceptors (Lipinski definition) is 3. The average molecular weight is 264 g/mol. The lowest BCUT2D eigenvalue weighted by molar-refractivity contribution is 0.249. The second-order valence-electron chi connectivity index (χ2n) is 4.85. The first kappa shape index (κ1) is 13.9. The lowest BCUT2D eigenvalue weighted by Gasteiger charge is -2.32. The van der Waals surface area contributed by atoms with Gasteiger partial charge in [-0.2, -0.15) is 0 Å². The summed E-state index contributed by atoms with van der Waals surface area (Å²) in [5.41, 5.74) is 5.25. The van der Waals surface area contributed by atoms with E-state index in [-0.39, 0.29) is 16.8 Å². The zero-order chi connectivity index (χ0) is 12.3. The van der Waals surface area contributed by atoms with Crippen molar-refractivity contribution < 1.29 is 8.42 Å². The quantitative estimate of drug-likeness (QED) is 0.744. The molecule has 3 N–H and O–H groups in total. The molecule has 3 unspecified atom stereocenters. The lowest BCUT2D eigenvalue weighted by atomic mass is 9.80. The van der Waals surface area contributed by atoms with Gasteiger partial charge in [-0.15, -0.1) is 0 Å². The highest BCUT2D eigenvalue weighted by molar-refractivity contribution is 7.92. The Bertz CT molecular complexity index is 354. The topological polar surface area (TPSA) is 72.2 Å². The largest absolute Gasteiger partial charge is 0.392 e. The van der Waals surface area contributed by atoms with Gasteiger partial charge in [-0.25, -0.2) is 13.1 Å². The fraction of sp³-hybridized carbons (Fsp3) is 0.900. The molecule has 1 fully saturated rings. The van der Waals surface area contributed by atoms with Crippen molar-refractivity contribution in [2.75, 3.05) is 5.75 Å². The Kier molecular flexibility index (Phi) is 4.70. The molecule has 3 atom stereocenters. The highest BCUT2D eigenvalue weighted by Crippen LogP contribution is 2.28. The number of thiocarbonyl (C=S) groups is 1. The van der Waals surface area contributed by atoms with Gasteiger partial charge >= 0.3 is 0 Å². The number of nitrogens with two attached hydrogens (primary N) is 1. The summed E-state index contributed by atoms with van der Waals surface area (Å²) < 4.78 is 26.0.